The fraction of sp³-hybridized carbons (Fsp3) is 0.224. The molecule has 81 heavy (non-hydrogen) atoms. The second kappa shape index (κ2) is 27.7. The fourth-order valence-corrected chi connectivity index (χ4v) is 7.07. The number of phenolic OH excluding ortho intramolecular Hbond substituents is 3. The highest BCUT2D eigenvalue weighted by atomic mass is 19.3. The lowest BCUT2D eigenvalue weighted by atomic mass is 10.1. The van der Waals surface area contributed by atoms with E-state index in [2.05, 4.69) is 54.9 Å². The Bertz CT molecular complexity index is 3560. The molecular weight excluding hydrogens is 1070 g/mol. The number of carbonyl (C=O) groups excluding carboxylic acids is 3. The van der Waals surface area contributed by atoms with Crippen molar-refractivity contribution in [2.24, 2.45) is 5.92 Å². The number of benzene rings is 5. The molecule has 424 valence electrons. The van der Waals surface area contributed by atoms with Gasteiger partial charge >= 0.3 is 12.3 Å². The molecule has 0 atom stereocenters. The molecule has 0 saturated heterocycles. The van der Waals surface area contributed by atoms with E-state index in [1.165, 1.54) is 48.5 Å². The van der Waals surface area contributed by atoms with Gasteiger partial charge in [0.2, 0.25) is 5.76 Å². The van der Waals surface area contributed by atoms with E-state index < -0.39 is 29.9 Å². The van der Waals surface area contributed by atoms with Gasteiger partial charge in [-0.1, -0.05) is 77.3 Å². The lowest BCUT2D eigenvalue weighted by Gasteiger charge is -2.10. The number of carbonyl (C=O) groups is 3. The van der Waals surface area contributed by atoms with Crippen molar-refractivity contribution >= 4 is 29.1 Å². The molecular formula is C58H56F5N7O11. The topological polar surface area (TPSA) is 261 Å². The zero-order chi connectivity index (χ0) is 59.0. The molecule has 0 aliphatic heterocycles. The minimum atomic E-state index is -4.39. The van der Waals surface area contributed by atoms with Crippen LogP contribution in [-0.2, 0) is 12.3 Å². The molecule has 0 spiro atoms. The number of alkyl halides is 4. The van der Waals surface area contributed by atoms with Gasteiger partial charge in [0.15, 0.2) is 28.6 Å². The maximum atomic E-state index is 13.1. The van der Waals surface area contributed by atoms with E-state index in [0.29, 0.717) is 58.4 Å². The molecule has 0 aliphatic rings. The largest absolute Gasteiger partial charge is 0.507 e. The van der Waals surface area contributed by atoms with Crippen molar-refractivity contribution in [3.8, 4) is 56.9 Å². The van der Waals surface area contributed by atoms with Gasteiger partial charge in [-0.3, -0.25) is 14.4 Å². The third-order valence-corrected chi connectivity index (χ3v) is 11.3. The van der Waals surface area contributed by atoms with Crippen LogP contribution in [-0.4, -0.2) is 73.7 Å². The molecule has 0 aliphatic carbocycles. The summed E-state index contributed by atoms with van der Waals surface area (Å²) in [5.41, 5.74) is 4.64. The summed E-state index contributed by atoms with van der Waals surface area (Å²) in [7, 11) is 1.58. The van der Waals surface area contributed by atoms with Crippen molar-refractivity contribution in [3.63, 3.8) is 0 Å². The van der Waals surface area contributed by atoms with Gasteiger partial charge in [-0.25, -0.2) is 13.2 Å². The third-order valence-electron chi connectivity index (χ3n) is 11.3. The molecule has 18 nitrogen and oxygen atoms in total. The number of aromatic hydroxyl groups is 3. The lowest BCUT2D eigenvalue weighted by Crippen LogP contribution is -2.24. The highest BCUT2D eigenvalue weighted by molar-refractivity contribution is 6.04. The van der Waals surface area contributed by atoms with Crippen LogP contribution in [0.2, 0.25) is 0 Å². The highest BCUT2D eigenvalue weighted by Crippen LogP contribution is 2.38. The summed E-state index contributed by atoms with van der Waals surface area (Å²) < 4.78 is 88.3. The van der Waals surface area contributed by atoms with Gasteiger partial charge in [0.05, 0.1) is 24.0 Å². The summed E-state index contributed by atoms with van der Waals surface area (Å²) in [5.74, 6) is -3.98. The number of anilines is 2. The van der Waals surface area contributed by atoms with E-state index in [0.717, 1.165) is 35.1 Å². The van der Waals surface area contributed by atoms with Gasteiger partial charge < -0.3 is 54.1 Å². The second-order valence-electron chi connectivity index (χ2n) is 18.4. The number of hydrogen-bond donors (Lipinski definition) is 6. The number of aromatic nitrogens is 4. The molecule has 4 heterocycles. The Hall–Kier alpha value is -9.80. The Morgan fingerprint density at radius 2 is 1.22 bits per heavy atom. The van der Waals surface area contributed by atoms with Crippen molar-refractivity contribution < 1.29 is 74.5 Å². The molecule has 0 unspecified atom stereocenters. The summed E-state index contributed by atoms with van der Waals surface area (Å²) in [4.78, 5) is 35.9. The van der Waals surface area contributed by atoms with Gasteiger partial charge in [-0.2, -0.15) is 8.78 Å². The predicted molar refractivity (Wildman–Crippen MR) is 288 cm³/mol. The maximum absolute atomic E-state index is 13.1. The summed E-state index contributed by atoms with van der Waals surface area (Å²) in [5, 5.41) is 51.3. The van der Waals surface area contributed by atoms with Crippen molar-refractivity contribution in [3.05, 3.63) is 179 Å². The van der Waals surface area contributed by atoms with E-state index in [4.69, 9.17) is 18.3 Å². The van der Waals surface area contributed by atoms with Crippen LogP contribution >= 0.6 is 0 Å². The van der Waals surface area contributed by atoms with Crippen molar-refractivity contribution in [2.45, 2.75) is 66.7 Å². The van der Waals surface area contributed by atoms with Crippen LogP contribution in [0, 0.1) is 32.5 Å². The van der Waals surface area contributed by atoms with E-state index in [1.54, 1.807) is 68.6 Å². The van der Waals surface area contributed by atoms with Crippen molar-refractivity contribution in [2.75, 3.05) is 24.3 Å². The molecule has 0 bridgehead atoms. The number of aryl methyl sites for hydroxylation is 3. The SMILES string of the molecule is CCCNC(=O)c1cc(-c2ccc(F)cc2)on1.COc1cccc(-c2cc(C(=O)Nc3cc(C)ccc3O)on2)c1.Cc1ccc(O)c(-c2cc(C(F)(F)C(F)F)no2)c1.Cc1ccc(O)c(NC(=O)c2cc(CC(C)C)on2)c1. The second-order valence-corrected chi connectivity index (χ2v) is 18.4. The third kappa shape index (κ3) is 16.9. The first-order chi connectivity index (χ1) is 38.5. The average Bonchev–Trinajstić information content (AvgIpc) is 4.37. The summed E-state index contributed by atoms with van der Waals surface area (Å²) in [6.45, 7) is 12.1. The maximum Gasteiger partial charge on any atom is 0.352 e. The number of rotatable bonds is 15. The minimum absolute atomic E-state index is 0.0125. The number of nitrogens with zero attached hydrogens (tertiary/aromatic N) is 4. The van der Waals surface area contributed by atoms with Gasteiger partial charge in [0, 0.05) is 48.4 Å². The monoisotopic (exact) mass is 1120 g/mol. The summed E-state index contributed by atoms with van der Waals surface area (Å²) in [6, 6.07) is 32.9. The van der Waals surface area contributed by atoms with Crippen LogP contribution in [0.15, 0.2) is 145 Å². The lowest BCUT2D eigenvalue weighted by molar-refractivity contribution is -0.139. The number of hydrogen-bond acceptors (Lipinski definition) is 15. The molecule has 9 aromatic rings. The molecule has 4 aromatic heterocycles. The molecule has 6 N–H and O–H groups in total. The van der Waals surface area contributed by atoms with Gasteiger partial charge in [0.1, 0.15) is 40.3 Å². The summed E-state index contributed by atoms with van der Waals surface area (Å²) >= 11 is 0. The molecule has 9 rings (SSSR count). The number of phenols is 3. The normalized spacial score (nSPS) is 10.9. The first-order valence-electron chi connectivity index (χ1n) is 24.8. The standard InChI is InChI=1S/C18H16N2O4.C15H18N2O3.C13H13FN2O2.C12H9F4NO2/c1-11-6-7-16(21)15(8-11)19-18(22)17-10-14(20-24-17)12-4-3-5-13(9-12)23-2;1-9(2)6-11-8-13(17-20-11)15(19)16-12-7-10(3)4-5-14(12)18;1-2-7-15-13(17)11-8-12(18-16-11)9-3-5-10(14)6-4-9;1-6-2-3-8(18)7(4-6)9-5-10(17-19-9)12(15,16)11(13)14/h3-10,21H,1-2H3,(H,19,22);4-5,7-9,18H,6H2,1-3H3,(H,16,19);3-6,8H,2,7H2,1H3,(H,15,17);2-5,11,18H,1H3. The number of halogens is 5. The Kier molecular flexibility index (Phi) is 20.7. The predicted octanol–water partition coefficient (Wildman–Crippen LogP) is 13.1. The number of amides is 3. The molecule has 0 saturated carbocycles. The minimum Gasteiger partial charge on any atom is -0.507 e. The van der Waals surface area contributed by atoms with E-state index in [-0.39, 0.29) is 57.4 Å². The number of ether oxygens (including phenoxy) is 1. The molecule has 0 radical (unpaired) electrons. The average molecular weight is 1120 g/mol. The Morgan fingerprint density at radius 3 is 1.84 bits per heavy atom. The van der Waals surface area contributed by atoms with Crippen molar-refractivity contribution in [1.82, 2.24) is 25.9 Å². The van der Waals surface area contributed by atoms with Crippen LogP contribution in [0.5, 0.6) is 23.0 Å². The smallest absolute Gasteiger partial charge is 0.352 e. The van der Waals surface area contributed by atoms with Gasteiger partial charge in [-0.05, 0) is 117 Å². The zero-order valence-corrected chi connectivity index (χ0v) is 44.7. The Balaban J connectivity index is 0.000000175. The highest BCUT2D eigenvalue weighted by Gasteiger charge is 2.46. The van der Waals surface area contributed by atoms with Gasteiger partial charge in [0.25, 0.3) is 17.7 Å². The quantitative estimate of drug-likeness (QED) is 0.0412. The Morgan fingerprint density at radius 1 is 0.630 bits per heavy atom. The van der Waals surface area contributed by atoms with Crippen LogP contribution in [0.1, 0.15) is 86.9 Å². The molecule has 0 fully saturated rings. The number of nitrogens with one attached hydrogen (secondary N) is 3. The van der Waals surface area contributed by atoms with E-state index in [9.17, 15) is 51.7 Å². The molecule has 5 aromatic carbocycles. The van der Waals surface area contributed by atoms with Crippen LogP contribution in [0.4, 0.5) is 33.3 Å². The zero-order valence-electron chi connectivity index (χ0n) is 44.7. The van der Waals surface area contributed by atoms with Crippen LogP contribution in [0.25, 0.3) is 33.9 Å². The first kappa shape index (κ1) is 60.4. The Labute approximate surface area is 460 Å². The molecule has 3 amide bonds. The summed E-state index contributed by atoms with van der Waals surface area (Å²) in [6.07, 6.45) is -2.29. The molecule has 23 heteroatoms. The van der Waals surface area contributed by atoms with Crippen LogP contribution < -0.4 is 20.7 Å². The van der Waals surface area contributed by atoms with E-state index >= 15 is 0 Å². The van der Waals surface area contributed by atoms with Crippen molar-refractivity contribution in [1.29, 1.82) is 0 Å². The van der Waals surface area contributed by atoms with Crippen LogP contribution in [0.3, 0.4) is 0 Å². The van der Waals surface area contributed by atoms with Gasteiger partial charge in [-0.15, -0.1) is 0 Å². The number of methoxy groups -OCH3 is 1. The first-order valence-corrected chi connectivity index (χ1v) is 24.8. The van der Waals surface area contributed by atoms with E-state index in [1.807, 2.05) is 39.0 Å². The fourth-order valence-electron chi connectivity index (χ4n) is 7.07.